The number of benzene rings is 3. The van der Waals surface area contributed by atoms with Crippen LogP contribution >= 0.6 is 0 Å². The maximum absolute atomic E-state index is 13.7. The van der Waals surface area contributed by atoms with Crippen molar-refractivity contribution in [3.63, 3.8) is 0 Å². The largest absolute Gasteiger partial charge is 0.496 e. The van der Waals surface area contributed by atoms with Gasteiger partial charge in [-0.05, 0) is 85.3 Å². The van der Waals surface area contributed by atoms with Crippen molar-refractivity contribution in [1.82, 2.24) is 10.2 Å². The molecule has 1 amide bonds. The minimum Gasteiger partial charge on any atom is -0.496 e. The van der Waals surface area contributed by atoms with Gasteiger partial charge < -0.3 is 15.0 Å². The van der Waals surface area contributed by atoms with Crippen molar-refractivity contribution in [2.45, 2.75) is 32.1 Å². The molecule has 4 rings (SSSR count). The second-order valence-corrected chi connectivity index (χ2v) is 8.91. The number of nitrogens with one attached hydrogen (secondary N) is 1. The Morgan fingerprint density at radius 1 is 1.09 bits per heavy atom. The molecule has 2 unspecified atom stereocenters. The summed E-state index contributed by atoms with van der Waals surface area (Å²) in [7, 11) is 1.64. The molecule has 1 N–H and O–H groups in total. The standard InChI is InChI=1S/C28H33FN2O2/c1-3-31(19-23-17-25(23)26-18-24(29)12-13-27(26)33-2)15-7-6-14-30-28(32)22-11-10-20-8-4-5-9-21(20)16-22/h4-5,8-13,16,18,23,25H,3,6-7,14-15,17,19H2,1-2H3,(H,30,32). The zero-order valence-corrected chi connectivity index (χ0v) is 19.5. The van der Waals surface area contributed by atoms with Crippen molar-refractivity contribution in [3.05, 3.63) is 77.6 Å². The second kappa shape index (κ2) is 10.8. The lowest BCUT2D eigenvalue weighted by Crippen LogP contribution is -2.29. The van der Waals surface area contributed by atoms with Gasteiger partial charge in [0.2, 0.25) is 0 Å². The predicted molar refractivity (Wildman–Crippen MR) is 131 cm³/mol. The highest BCUT2D eigenvalue weighted by Crippen LogP contribution is 2.50. The van der Waals surface area contributed by atoms with Crippen molar-refractivity contribution in [2.75, 3.05) is 33.3 Å². The highest BCUT2D eigenvalue weighted by atomic mass is 19.1. The molecule has 0 bridgehead atoms. The number of carbonyl (C=O) groups excluding carboxylic acids is 1. The third kappa shape index (κ3) is 5.91. The summed E-state index contributed by atoms with van der Waals surface area (Å²) in [6.45, 7) is 5.88. The van der Waals surface area contributed by atoms with Crippen LogP contribution in [0.15, 0.2) is 60.7 Å². The van der Waals surface area contributed by atoms with Gasteiger partial charge in [-0.1, -0.05) is 37.3 Å². The fourth-order valence-electron chi connectivity index (χ4n) is 4.63. The fraction of sp³-hybridized carbons (Fsp3) is 0.393. The topological polar surface area (TPSA) is 41.6 Å². The summed E-state index contributed by atoms with van der Waals surface area (Å²) in [4.78, 5) is 14.9. The molecule has 3 aromatic carbocycles. The van der Waals surface area contributed by atoms with Crippen LogP contribution in [0.1, 0.15) is 48.0 Å². The molecule has 33 heavy (non-hydrogen) atoms. The Morgan fingerprint density at radius 3 is 2.70 bits per heavy atom. The highest BCUT2D eigenvalue weighted by molar-refractivity contribution is 5.98. The van der Waals surface area contributed by atoms with Crippen molar-refractivity contribution < 1.29 is 13.9 Å². The van der Waals surface area contributed by atoms with Crippen LogP contribution in [0, 0.1) is 11.7 Å². The third-order valence-corrected chi connectivity index (χ3v) is 6.65. The van der Waals surface area contributed by atoms with E-state index in [1.165, 1.54) is 6.07 Å². The number of halogens is 1. The van der Waals surface area contributed by atoms with Gasteiger partial charge in [-0.3, -0.25) is 4.79 Å². The maximum atomic E-state index is 13.7. The molecule has 0 aliphatic heterocycles. The minimum atomic E-state index is -0.200. The van der Waals surface area contributed by atoms with Crippen LogP contribution in [0.5, 0.6) is 5.75 Å². The molecule has 0 radical (unpaired) electrons. The average molecular weight is 449 g/mol. The summed E-state index contributed by atoms with van der Waals surface area (Å²) in [6.07, 6.45) is 3.06. The molecule has 3 aromatic rings. The molecule has 174 valence electrons. The summed E-state index contributed by atoms with van der Waals surface area (Å²) in [6, 6.07) is 18.7. The number of nitrogens with zero attached hydrogens (tertiary/aromatic N) is 1. The lowest BCUT2D eigenvalue weighted by Gasteiger charge is -2.20. The van der Waals surface area contributed by atoms with E-state index in [9.17, 15) is 9.18 Å². The smallest absolute Gasteiger partial charge is 0.251 e. The first-order chi connectivity index (χ1) is 16.1. The predicted octanol–water partition coefficient (Wildman–Crippen LogP) is 5.62. The van der Waals surface area contributed by atoms with Crippen molar-refractivity contribution in [3.8, 4) is 5.75 Å². The Labute approximate surface area is 195 Å². The SMILES string of the molecule is CCN(CCCCNC(=O)c1ccc2ccccc2c1)CC1CC1c1cc(F)ccc1OC. The number of hydrogen-bond acceptors (Lipinski definition) is 3. The van der Waals surface area contributed by atoms with Crippen LogP contribution in [0.4, 0.5) is 4.39 Å². The number of unbranched alkanes of at least 4 members (excludes halogenated alkanes) is 1. The van der Waals surface area contributed by atoms with E-state index < -0.39 is 0 Å². The number of fused-ring (bicyclic) bond motifs is 1. The number of hydrogen-bond donors (Lipinski definition) is 1. The molecule has 1 saturated carbocycles. The van der Waals surface area contributed by atoms with Crippen molar-refractivity contribution in [2.24, 2.45) is 5.92 Å². The summed E-state index contributed by atoms with van der Waals surface area (Å²) in [5, 5.41) is 5.27. The molecule has 0 heterocycles. The number of ether oxygens (including phenoxy) is 1. The van der Waals surface area contributed by atoms with Gasteiger partial charge in [0.25, 0.3) is 5.91 Å². The van der Waals surface area contributed by atoms with Crippen molar-refractivity contribution in [1.29, 1.82) is 0 Å². The quantitative estimate of drug-likeness (QED) is 0.387. The van der Waals surface area contributed by atoms with Gasteiger partial charge in [-0.2, -0.15) is 0 Å². The normalized spacial score (nSPS) is 17.3. The molecular weight excluding hydrogens is 415 g/mol. The lowest BCUT2D eigenvalue weighted by molar-refractivity contribution is 0.0952. The zero-order valence-electron chi connectivity index (χ0n) is 19.5. The van der Waals surface area contributed by atoms with Crippen LogP contribution in [-0.4, -0.2) is 44.1 Å². The lowest BCUT2D eigenvalue weighted by atomic mass is 10.1. The average Bonchev–Trinajstić information content (AvgIpc) is 3.61. The summed E-state index contributed by atoms with van der Waals surface area (Å²) in [5.41, 5.74) is 1.70. The van der Waals surface area contributed by atoms with Gasteiger partial charge in [0.15, 0.2) is 0 Å². The third-order valence-electron chi connectivity index (χ3n) is 6.65. The van der Waals surface area contributed by atoms with Crippen LogP contribution < -0.4 is 10.1 Å². The van der Waals surface area contributed by atoms with E-state index >= 15 is 0 Å². The summed E-state index contributed by atoms with van der Waals surface area (Å²) < 4.78 is 19.1. The molecular formula is C28H33FN2O2. The highest BCUT2D eigenvalue weighted by Gasteiger charge is 2.40. The Balaban J connectivity index is 1.18. The number of amides is 1. The molecule has 1 aliphatic rings. The monoisotopic (exact) mass is 448 g/mol. The second-order valence-electron chi connectivity index (χ2n) is 8.91. The van der Waals surface area contributed by atoms with E-state index in [0.717, 1.165) is 61.0 Å². The van der Waals surface area contributed by atoms with Crippen molar-refractivity contribution >= 4 is 16.7 Å². The van der Waals surface area contributed by atoms with Crippen LogP contribution in [0.2, 0.25) is 0 Å². The fourth-order valence-corrected chi connectivity index (χ4v) is 4.63. The number of methoxy groups -OCH3 is 1. The molecule has 1 aliphatic carbocycles. The zero-order chi connectivity index (χ0) is 23.2. The first kappa shape index (κ1) is 23.2. The number of rotatable bonds is 11. The van der Waals surface area contributed by atoms with Gasteiger partial charge in [0, 0.05) is 24.2 Å². The van der Waals surface area contributed by atoms with Gasteiger partial charge in [-0.15, -0.1) is 0 Å². The van der Waals surface area contributed by atoms with E-state index in [1.807, 2.05) is 36.4 Å². The molecule has 4 nitrogen and oxygen atoms in total. The first-order valence-electron chi connectivity index (χ1n) is 11.9. The summed E-state index contributed by atoms with van der Waals surface area (Å²) in [5.74, 6) is 1.50. The van der Waals surface area contributed by atoms with Gasteiger partial charge in [-0.25, -0.2) is 4.39 Å². The Hall–Kier alpha value is -2.92. The maximum Gasteiger partial charge on any atom is 0.251 e. The van der Waals surface area contributed by atoms with E-state index in [1.54, 1.807) is 19.2 Å². The Bertz CT molecular complexity index is 1100. The molecule has 5 heteroatoms. The Kier molecular flexibility index (Phi) is 7.61. The van der Waals surface area contributed by atoms with Gasteiger partial charge in [0.1, 0.15) is 11.6 Å². The molecule has 0 aromatic heterocycles. The Morgan fingerprint density at radius 2 is 1.91 bits per heavy atom. The molecule has 1 fully saturated rings. The van der Waals surface area contributed by atoms with Crippen LogP contribution in [0.25, 0.3) is 10.8 Å². The summed E-state index contributed by atoms with van der Waals surface area (Å²) >= 11 is 0. The van der Waals surface area contributed by atoms with E-state index in [2.05, 4.69) is 23.2 Å². The first-order valence-corrected chi connectivity index (χ1v) is 11.9. The van der Waals surface area contributed by atoms with E-state index in [0.29, 0.717) is 23.9 Å². The molecule has 0 spiro atoms. The van der Waals surface area contributed by atoms with E-state index in [4.69, 9.17) is 4.74 Å². The van der Waals surface area contributed by atoms with Crippen LogP contribution in [-0.2, 0) is 0 Å². The molecule has 0 saturated heterocycles. The van der Waals surface area contributed by atoms with Gasteiger partial charge in [0.05, 0.1) is 7.11 Å². The van der Waals surface area contributed by atoms with E-state index in [-0.39, 0.29) is 11.7 Å². The van der Waals surface area contributed by atoms with Crippen LogP contribution in [0.3, 0.4) is 0 Å². The number of carbonyl (C=O) groups is 1. The minimum absolute atomic E-state index is 0.0158. The molecule has 2 atom stereocenters. The van der Waals surface area contributed by atoms with Gasteiger partial charge >= 0.3 is 0 Å².